The summed E-state index contributed by atoms with van der Waals surface area (Å²) >= 11 is 2.17. The largest absolute Gasteiger partial charge is 0 e. The predicted molar refractivity (Wildman–Crippen MR) is 5.85 cm³/mol. The Morgan fingerprint density at radius 1 is 1.25 bits per heavy atom. The van der Waals surface area contributed by atoms with E-state index in [1.54, 1.807) is 0 Å². The molecule has 4 heavy (non-hydrogen) atoms. The van der Waals surface area contributed by atoms with E-state index < -0.39 is 0 Å². The van der Waals surface area contributed by atoms with Crippen LogP contribution in [-0.4, -0.2) is 0 Å². The quantitative estimate of drug-likeness (QED) is 0.415. The maximum Gasteiger partial charge on any atom is 0 e. The molecular weight excluding hydrogens is 552 g/mol. The summed E-state index contributed by atoms with van der Waals surface area (Å²) in [5.41, 5.74) is 0. The van der Waals surface area contributed by atoms with Crippen LogP contribution in [0.15, 0.2) is 0 Å². The Labute approximate surface area is 117 Å². The van der Waals surface area contributed by atoms with Gasteiger partial charge in [0, 0.05) is 73.7 Å². The molecule has 0 heterocycles. The van der Waals surface area contributed by atoms with Crippen molar-refractivity contribution in [2.75, 3.05) is 0 Å². The Kier molecular flexibility index (Phi) is 61.7. The molecule has 0 aliphatic heterocycles. The third-order valence-corrected chi connectivity index (χ3v) is 0. The van der Waals surface area contributed by atoms with Gasteiger partial charge in [-0.3, -0.25) is 0 Å². The van der Waals surface area contributed by atoms with Crippen molar-refractivity contribution >= 4 is 4.63 Å². The summed E-state index contributed by atoms with van der Waals surface area (Å²) in [6, 6.07) is 0. The SMILES string of the molecule is [Cl][Yb].[Lu].[Tm]. The molecule has 0 bridgehead atoms. The van der Waals surface area contributed by atoms with Crippen molar-refractivity contribution in [1.82, 2.24) is 0 Å². The van der Waals surface area contributed by atoms with Gasteiger partial charge in [-0.15, -0.1) is 0 Å². The summed E-state index contributed by atoms with van der Waals surface area (Å²) in [6.07, 6.45) is 0. The van der Waals surface area contributed by atoms with Gasteiger partial charge in [-0.2, -0.15) is 0 Å². The van der Waals surface area contributed by atoms with Crippen LogP contribution >= 0.6 is 4.63 Å². The summed E-state index contributed by atoms with van der Waals surface area (Å²) in [7, 11) is 0. The first kappa shape index (κ1) is 15.7. The first-order valence-electron chi connectivity index (χ1n) is 0.101. The summed E-state index contributed by atoms with van der Waals surface area (Å²) in [4.78, 5) is 0. The Morgan fingerprint density at radius 2 is 1.25 bits per heavy atom. The van der Waals surface area contributed by atoms with Crippen molar-refractivity contribution in [1.29, 1.82) is 0 Å². The zero-order chi connectivity index (χ0) is 2.00. The second kappa shape index (κ2) is 15.7. The molecule has 0 aliphatic carbocycles. The van der Waals surface area contributed by atoms with Crippen LogP contribution in [0.2, 0.25) is 0 Å². The Morgan fingerprint density at radius 3 is 1.25 bits per heavy atom. The summed E-state index contributed by atoms with van der Waals surface area (Å²) in [6.45, 7) is 0. The fourth-order valence-electron chi connectivity index (χ4n) is 0. The zero-order valence-electron chi connectivity index (χ0n) is 1.18. The summed E-state index contributed by atoms with van der Waals surface area (Å²) in [5, 5.41) is 0. The van der Waals surface area contributed by atoms with Gasteiger partial charge in [0.2, 0.25) is 0 Å². The van der Waals surface area contributed by atoms with Gasteiger partial charge in [-0.05, 0) is 0 Å². The van der Waals surface area contributed by atoms with Crippen molar-refractivity contribution < 1.29 is 117 Å². The van der Waals surface area contributed by atoms with Crippen molar-refractivity contribution in [3.05, 3.63) is 0 Å². The van der Waals surface area contributed by atoms with E-state index in [4.69, 9.17) is 0 Å². The molecule has 2 radical (unpaired) electrons. The monoisotopic (exact) mass is 553 g/mol. The van der Waals surface area contributed by atoms with E-state index in [-0.39, 0.29) is 73.7 Å². The van der Waals surface area contributed by atoms with E-state index >= 15 is 0 Å². The molecule has 0 atom stereocenters. The molecule has 0 aliphatic rings. The van der Waals surface area contributed by atoms with Crippen molar-refractivity contribution in [2.24, 2.45) is 0 Å². The molecule has 0 unspecified atom stereocenters. The molecule has 49 valence electrons. The van der Waals surface area contributed by atoms with Gasteiger partial charge in [0.15, 0.2) is 0 Å². The van der Waals surface area contributed by atoms with Gasteiger partial charge in [-0.25, -0.2) is 0 Å². The first-order chi connectivity index (χ1) is 1.00. The first-order valence-corrected chi connectivity index (χ1v) is 2.25. The Bertz CT molecular complexity index is 8.00. The molecule has 0 rings (SSSR count). The molecule has 0 spiro atoms. The number of hydrogen-bond acceptors (Lipinski definition) is 0. The van der Waals surface area contributed by atoms with Crippen LogP contribution in [0.1, 0.15) is 0 Å². The molecule has 0 amide bonds. The van der Waals surface area contributed by atoms with Gasteiger partial charge < -0.3 is 0 Å². The molecular formula is ClLuTmYb. The Hall–Kier alpha value is 4.28. The molecule has 0 aromatic rings. The molecule has 0 nitrogen and oxygen atoms in total. The molecule has 0 saturated heterocycles. The normalized spacial score (nSPS) is 1.75. The molecule has 0 N–H and O–H groups in total. The van der Waals surface area contributed by atoms with Crippen LogP contribution in [0.5, 0.6) is 0 Å². The van der Waals surface area contributed by atoms with Crippen LogP contribution in [0, 0.1) is 117 Å². The molecule has 0 saturated carbocycles. The fourth-order valence-corrected chi connectivity index (χ4v) is 0. The van der Waals surface area contributed by atoms with Gasteiger partial charge in [0.25, 0.3) is 0 Å². The van der Waals surface area contributed by atoms with Gasteiger partial charge in [0.05, 0.1) is 0 Å². The number of halogens is 1. The van der Waals surface area contributed by atoms with E-state index in [1.165, 1.54) is 0 Å². The van der Waals surface area contributed by atoms with E-state index in [0.29, 0.717) is 0 Å². The average molecular weight is 552 g/mol. The van der Waals surface area contributed by atoms with Gasteiger partial charge in [-0.1, -0.05) is 0 Å². The van der Waals surface area contributed by atoms with Crippen LogP contribution in [0.25, 0.3) is 0 Å². The predicted octanol–water partition coefficient (Wildman–Crippen LogP) is 0.690. The molecule has 4 heteroatoms. The van der Waals surface area contributed by atoms with Crippen LogP contribution in [-0.2, 0) is 0 Å². The van der Waals surface area contributed by atoms with Gasteiger partial charge >= 0.3 is 47.6 Å². The van der Waals surface area contributed by atoms with Crippen LogP contribution in [0.3, 0.4) is 0 Å². The molecule has 0 aromatic carbocycles. The van der Waals surface area contributed by atoms with Crippen molar-refractivity contribution in [3.8, 4) is 0 Å². The third kappa shape index (κ3) is 9.56. The third-order valence-electron chi connectivity index (χ3n) is 0. The average Bonchev–Trinajstić information content (AvgIpc) is 1.00. The zero-order valence-corrected chi connectivity index (χ0v) is 7.09. The minimum atomic E-state index is 0. The van der Waals surface area contributed by atoms with Crippen molar-refractivity contribution in [3.63, 3.8) is 0 Å². The van der Waals surface area contributed by atoms with Crippen LogP contribution < -0.4 is 0 Å². The number of rotatable bonds is 0. The number of hydrogen-bond donors (Lipinski definition) is 0. The van der Waals surface area contributed by atoms with E-state index in [0.717, 1.165) is 0 Å². The van der Waals surface area contributed by atoms with Gasteiger partial charge in [0.1, 0.15) is 0 Å². The molecule has 0 aromatic heterocycles. The Balaban J connectivity index is -0.00000000500. The summed E-state index contributed by atoms with van der Waals surface area (Å²) < 4.78 is 4.50. The maximum atomic E-state index is 4.50. The second-order valence-electron chi connectivity index (χ2n) is 0. The summed E-state index contributed by atoms with van der Waals surface area (Å²) in [5.74, 6) is 0. The topological polar surface area (TPSA) is 0 Å². The second-order valence-corrected chi connectivity index (χ2v) is 0. The van der Waals surface area contributed by atoms with E-state index in [2.05, 4.69) is 47.6 Å². The minimum absolute atomic E-state index is 0. The fraction of sp³-hybridized carbons (Fsp3) is 0. The molecule has 0 fully saturated rings. The minimum Gasteiger partial charge on any atom is 0 e. The van der Waals surface area contributed by atoms with E-state index in [9.17, 15) is 0 Å². The smallest absolute Gasteiger partial charge is 0 e. The maximum absolute atomic E-state index is 4.50. The van der Waals surface area contributed by atoms with Crippen molar-refractivity contribution in [2.45, 2.75) is 0 Å². The standard InChI is InChI=1S/ClH.Lu.Tm.Yb/h1H;;;/q;;;+1/p-1. The van der Waals surface area contributed by atoms with E-state index in [1.807, 2.05) is 0 Å². The van der Waals surface area contributed by atoms with Crippen LogP contribution in [0.4, 0.5) is 0 Å².